The molecule has 0 unspecified atom stereocenters. The van der Waals surface area contributed by atoms with E-state index in [1.165, 1.54) is 24.7 Å². The number of oxime groups is 1. The highest BCUT2D eigenvalue weighted by Crippen LogP contribution is 2.30. The normalized spacial score (nSPS) is 11.1. The van der Waals surface area contributed by atoms with E-state index >= 15 is 0 Å². The maximum atomic E-state index is 15.0. The molecule has 0 fully saturated rings. The minimum Gasteiger partial charge on any atom is -0.394 e. The number of amides is 1. The molecule has 1 heterocycles. The van der Waals surface area contributed by atoms with Gasteiger partial charge in [-0.1, -0.05) is 5.16 Å². The Morgan fingerprint density at radius 1 is 1.27 bits per heavy atom. The van der Waals surface area contributed by atoms with Gasteiger partial charge in [0.1, 0.15) is 5.82 Å². The van der Waals surface area contributed by atoms with E-state index in [1.807, 2.05) is 28.1 Å². The molecule has 2 aromatic carbocycles. The number of anilines is 2. The SMILES string of the molecule is O=C(NOCCO)c1cc(C=NOCc2cnc[nH]2)c(F)c(F)c1Nc1ccc(I)cc1F. The van der Waals surface area contributed by atoms with E-state index < -0.39 is 40.2 Å². The zero-order chi connectivity index (χ0) is 23.8. The Hall–Kier alpha value is -3.17. The number of hydrogen-bond donors (Lipinski definition) is 4. The Labute approximate surface area is 199 Å². The van der Waals surface area contributed by atoms with E-state index in [9.17, 15) is 18.0 Å². The molecular formula is C20H17F3IN5O4. The number of hydrogen-bond acceptors (Lipinski definition) is 7. The second kappa shape index (κ2) is 11.6. The molecule has 0 atom stereocenters. The van der Waals surface area contributed by atoms with E-state index in [0.717, 1.165) is 12.3 Å². The third kappa shape index (κ3) is 6.43. The van der Waals surface area contributed by atoms with Crippen molar-refractivity contribution in [2.45, 2.75) is 6.61 Å². The molecule has 1 amide bonds. The van der Waals surface area contributed by atoms with E-state index in [2.05, 4.69) is 20.4 Å². The Morgan fingerprint density at radius 3 is 2.79 bits per heavy atom. The van der Waals surface area contributed by atoms with Crippen LogP contribution in [0.3, 0.4) is 0 Å². The summed E-state index contributed by atoms with van der Waals surface area (Å²) in [6.07, 6.45) is 3.81. The summed E-state index contributed by atoms with van der Waals surface area (Å²) >= 11 is 1.89. The van der Waals surface area contributed by atoms with Crippen LogP contribution in [0.4, 0.5) is 24.5 Å². The van der Waals surface area contributed by atoms with Crippen LogP contribution in [0.2, 0.25) is 0 Å². The van der Waals surface area contributed by atoms with Crippen molar-refractivity contribution in [1.29, 1.82) is 0 Å². The van der Waals surface area contributed by atoms with Crippen molar-refractivity contribution in [3.05, 3.63) is 74.6 Å². The third-order valence-corrected chi connectivity index (χ3v) is 4.74. The van der Waals surface area contributed by atoms with Gasteiger partial charge in [-0.05, 0) is 46.9 Å². The van der Waals surface area contributed by atoms with Crippen molar-refractivity contribution in [2.24, 2.45) is 5.16 Å². The number of aliphatic hydroxyl groups is 1. The predicted molar refractivity (Wildman–Crippen MR) is 120 cm³/mol. The molecule has 0 spiro atoms. The molecular weight excluding hydrogens is 558 g/mol. The summed E-state index contributed by atoms with van der Waals surface area (Å²) < 4.78 is 44.5. The van der Waals surface area contributed by atoms with Gasteiger partial charge in [-0.3, -0.25) is 9.63 Å². The van der Waals surface area contributed by atoms with E-state index in [1.54, 1.807) is 6.07 Å². The number of aliphatic hydroxyl groups excluding tert-OH is 1. The number of rotatable bonds is 10. The zero-order valence-corrected chi connectivity index (χ0v) is 18.9. The van der Waals surface area contributed by atoms with E-state index in [0.29, 0.717) is 9.26 Å². The summed E-state index contributed by atoms with van der Waals surface area (Å²) in [5.41, 5.74) is 0.994. The smallest absolute Gasteiger partial charge is 0.277 e. The second-order valence-electron chi connectivity index (χ2n) is 6.35. The summed E-state index contributed by atoms with van der Waals surface area (Å²) in [5.74, 6) is -4.49. The Kier molecular flexibility index (Phi) is 8.62. The van der Waals surface area contributed by atoms with Crippen molar-refractivity contribution in [3.8, 4) is 0 Å². The maximum absolute atomic E-state index is 15.0. The number of halogens is 4. The zero-order valence-electron chi connectivity index (χ0n) is 16.7. The average molecular weight is 575 g/mol. The van der Waals surface area contributed by atoms with Crippen LogP contribution in [0, 0.1) is 21.0 Å². The largest absolute Gasteiger partial charge is 0.394 e. The van der Waals surface area contributed by atoms with Crippen LogP contribution in [0.15, 0.2) is 41.9 Å². The number of nitrogens with one attached hydrogen (secondary N) is 3. The first-order valence-electron chi connectivity index (χ1n) is 9.30. The van der Waals surface area contributed by atoms with Crippen LogP contribution in [-0.4, -0.2) is 40.4 Å². The van der Waals surface area contributed by atoms with Crippen molar-refractivity contribution in [3.63, 3.8) is 0 Å². The van der Waals surface area contributed by atoms with Gasteiger partial charge < -0.3 is 20.2 Å². The Bertz CT molecular complexity index is 1150. The lowest BCUT2D eigenvalue weighted by atomic mass is 10.1. The van der Waals surface area contributed by atoms with E-state index in [-0.39, 0.29) is 25.5 Å². The van der Waals surface area contributed by atoms with Crippen LogP contribution in [0.1, 0.15) is 21.6 Å². The maximum Gasteiger partial charge on any atom is 0.277 e. The number of imidazole rings is 1. The molecule has 0 radical (unpaired) electrons. The highest BCUT2D eigenvalue weighted by atomic mass is 127. The molecule has 1 aromatic heterocycles. The summed E-state index contributed by atoms with van der Waals surface area (Å²) in [4.78, 5) is 28.9. The number of aromatic amines is 1. The van der Waals surface area contributed by atoms with Gasteiger partial charge in [0.05, 0.1) is 54.6 Å². The van der Waals surface area contributed by atoms with Gasteiger partial charge in [-0.2, -0.15) is 0 Å². The van der Waals surface area contributed by atoms with Gasteiger partial charge in [0.25, 0.3) is 5.91 Å². The molecule has 33 heavy (non-hydrogen) atoms. The summed E-state index contributed by atoms with van der Waals surface area (Å²) in [6, 6.07) is 5.03. The van der Waals surface area contributed by atoms with Gasteiger partial charge in [-0.25, -0.2) is 23.6 Å². The quantitative estimate of drug-likeness (QED) is 0.127. The van der Waals surface area contributed by atoms with Crippen molar-refractivity contribution in [1.82, 2.24) is 15.4 Å². The summed E-state index contributed by atoms with van der Waals surface area (Å²) in [5, 5.41) is 14.8. The fourth-order valence-corrected chi connectivity index (χ4v) is 3.00. The molecule has 0 saturated carbocycles. The number of benzene rings is 2. The lowest BCUT2D eigenvalue weighted by molar-refractivity contribution is 0.0168. The van der Waals surface area contributed by atoms with Gasteiger partial charge >= 0.3 is 0 Å². The molecule has 0 aliphatic carbocycles. The lowest BCUT2D eigenvalue weighted by Gasteiger charge is -2.15. The van der Waals surface area contributed by atoms with Crippen LogP contribution in [0.25, 0.3) is 0 Å². The molecule has 0 aliphatic rings. The molecule has 0 saturated heterocycles. The van der Waals surface area contributed by atoms with Crippen LogP contribution >= 0.6 is 22.6 Å². The van der Waals surface area contributed by atoms with Crippen LogP contribution < -0.4 is 10.8 Å². The van der Waals surface area contributed by atoms with Crippen molar-refractivity contribution >= 4 is 46.1 Å². The van der Waals surface area contributed by atoms with Crippen molar-refractivity contribution in [2.75, 3.05) is 18.5 Å². The number of H-pyrrole nitrogens is 1. The molecule has 0 bridgehead atoms. The number of nitrogens with zero attached hydrogens (tertiary/aromatic N) is 2. The molecule has 4 N–H and O–H groups in total. The summed E-state index contributed by atoms with van der Waals surface area (Å²) in [7, 11) is 0. The first kappa shape index (κ1) is 24.5. The van der Waals surface area contributed by atoms with Gasteiger partial charge in [0.2, 0.25) is 0 Å². The first-order chi connectivity index (χ1) is 15.9. The minimum absolute atomic E-state index is 0.00529. The average Bonchev–Trinajstić information content (AvgIpc) is 3.31. The molecule has 3 rings (SSSR count). The minimum atomic E-state index is -1.45. The molecule has 3 aromatic rings. The Balaban J connectivity index is 1.92. The third-order valence-electron chi connectivity index (χ3n) is 4.07. The highest BCUT2D eigenvalue weighted by molar-refractivity contribution is 14.1. The number of hydroxylamine groups is 1. The van der Waals surface area contributed by atoms with Crippen LogP contribution in [-0.2, 0) is 16.3 Å². The van der Waals surface area contributed by atoms with Crippen molar-refractivity contribution < 1.29 is 32.7 Å². The van der Waals surface area contributed by atoms with Gasteiger partial charge in [0.15, 0.2) is 18.2 Å². The topological polar surface area (TPSA) is 121 Å². The molecule has 174 valence electrons. The Morgan fingerprint density at radius 2 is 2.09 bits per heavy atom. The molecule has 0 aliphatic heterocycles. The van der Waals surface area contributed by atoms with Gasteiger partial charge in [0, 0.05) is 9.13 Å². The van der Waals surface area contributed by atoms with Gasteiger partial charge in [-0.15, -0.1) is 0 Å². The second-order valence-corrected chi connectivity index (χ2v) is 7.60. The fourth-order valence-electron chi connectivity index (χ4n) is 2.55. The molecule has 9 nitrogen and oxygen atoms in total. The number of carbonyl (C=O) groups is 1. The molecule has 13 heteroatoms. The predicted octanol–water partition coefficient (Wildman–Crippen LogP) is 3.38. The number of aromatic nitrogens is 2. The fraction of sp³-hybridized carbons (Fsp3) is 0.150. The van der Waals surface area contributed by atoms with E-state index in [4.69, 9.17) is 14.8 Å². The lowest BCUT2D eigenvalue weighted by Crippen LogP contribution is -2.26. The monoisotopic (exact) mass is 575 g/mol. The first-order valence-corrected chi connectivity index (χ1v) is 10.4. The standard InChI is InChI=1S/C20H17F3IN5O4/c21-15-6-12(24)1-2-16(15)28-19-14(20(31)29-32-4-3-30)5-11(17(22)18(19)23)7-27-33-9-13-8-25-10-26-13/h1-2,5-8,10,28,30H,3-4,9H2,(H,25,26)(H,29,31). The number of carbonyl (C=O) groups excluding carboxylic acids is 1. The highest BCUT2D eigenvalue weighted by Gasteiger charge is 2.23. The van der Waals surface area contributed by atoms with Crippen LogP contribution in [0.5, 0.6) is 0 Å². The summed E-state index contributed by atoms with van der Waals surface area (Å²) in [6.45, 7) is -0.628.